The van der Waals surface area contributed by atoms with Gasteiger partial charge in [0.25, 0.3) is 0 Å². The molecule has 0 aliphatic heterocycles. The van der Waals surface area contributed by atoms with Crippen LogP contribution in [0.25, 0.3) is 22.2 Å². The van der Waals surface area contributed by atoms with Crippen LogP contribution >= 0.6 is 0 Å². The molecular weight excluding hydrogens is 355 g/mol. The van der Waals surface area contributed by atoms with Gasteiger partial charge in [0.1, 0.15) is 11.6 Å². The quantitative estimate of drug-likeness (QED) is 0.487. The van der Waals surface area contributed by atoms with Gasteiger partial charge < -0.3 is 11.1 Å². The summed E-state index contributed by atoms with van der Waals surface area (Å²) in [5, 5.41) is 19.7. The topological polar surface area (TPSA) is 92.5 Å². The number of anilines is 2. The van der Waals surface area contributed by atoms with E-state index in [2.05, 4.69) is 39.6 Å². The molecule has 2 aromatic heterocycles. The van der Waals surface area contributed by atoms with E-state index in [0.717, 1.165) is 27.7 Å². The molecule has 0 amide bonds. The fourth-order valence-corrected chi connectivity index (χ4v) is 3.10. The molecule has 28 heavy (non-hydrogen) atoms. The predicted octanol–water partition coefficient (Wildman–Crippen LogP) is 4.13. The van der Waals surface area contributed by atoms with Crippen LogP contribution in [0.5, 0.6) is 0 Å². The van der Waals surface area contributed by atoms with E-state index in [9.17, 15) is 4.39 Å². The van der Waals surface area contributed by atoms with Crippen molar-refractivity contribution in [2.45, 2.75) is 19.3 Å². The number of hydrogen-bond donors (Lipinski definition) is 3. The monoisotopic (exact) mass is 376 g/mol. The number of nitrogens with one attached hydrogen (secondary N) is 2. The number of aromatic amines is 1. The van der Waals surface area contributed by atoms with Crippen molar-refractivity contribution in [3.63, 3.8) is 0 Å². The van der Waals surface area contributed by atoms with Gasteiger partial charge in [0.15, 0.2) is 5.82 Å². The first-order valence-corrected chi connectivity index (χ1v) is 9.00. The number of nitrogens with two attached hydrogens (primary N) is 1. The molecule has 4 rings (SSSR count). The first-order valence-electron chi connectivity index (χ1n) is 9.00. The Bertz CT molecular complexity index is 1100. The van der Waals surface area contributed by atoms with Gasteiger partial charge in [0.2, 0.25) is 0 Å². The molecule has 2 heterocycles. The number of fused-ring (bicyclic) bond motifs is 1. The maximum Gasteiger partial charge on any atom is 0.153 e. The second kappa shape index (κ2) is 6.92. The van der Waals surface area contributed by atoms with Gasteiger partial charge in [-0.3, -0.25) is 5.10 Å². The molecule has 0 unspecified atom stereocenters. The SMILES string of the molecule is CC(C)(CNc1ccc(-c2ccc3c(N)n[nH]c3c2)nn1)c1ccc(F)cc1. The van der Waals surface area contributed by atoms with Crippen molar-refractivity contribution < 1.29 is 4.39 Å². The van der Waals surface area contributed by atoms with E-state index in [1.165, 1.54) is 12.1 Å². The van der Waals surface area contributed by atoms with Gasteiger partial charge in [0.05, 0.1) is 11.2 Å². The summed E-state index contributed by atoms with van der Waals surface area (Å²) in [6.07, 6.45) is 0. The highest BCUT2D eigenvalue weighted by atomic mass is 19.1. The molecule has 0 aliphatic rings. The van der Waals surface area contributed by atoms with E-state index in [-0.39, 0.29) is 11.2 Å². The van der Waals surface area contributed by atoms with E-state index in [1.807, 2.05) is 42.5 Å². The molecule has 6 nitrogen and oxygen atoms in total. The van der Waals surface area contributed by atoms with Crippen LogP contribution < -0.4 is 11.1 Å². The summed E-state index contributed by atoms with van der Waals surface area (Å²) in [7, 11) is 0. The molecule has 0 atom stereocenters. The zero-order chi connectivity index (χ0) is 19.7. The largest absolute Gasteiger partial charge is 0.382 e. The Hall–Kier alpha value is -3.48. The van der Waals surface area contributed by atoms with Crippen molar-refractivity contribution >= 4 is 22.5 Å². The van der Waals surface area contributed by atoms with Crippen LogP contribution in [-0.2, 0) is 5.41 Å². The molecule has 0 spiro atoms. The Morgan fingerprint density at radius 1 is 1.04 bits per heavy atom. The Balaban J connectivity index is 1.47. The number of H-pyrrole nitrogens is 1. The molecule has 4 N–H and O–H groups in total. The maximum atomic E-state index is 13.1. The van der Waals surface area contributed by atoms with E-state index in [1.54, 1.807) is 0 Å². The van der Waals surface area contributed by atoms with Crippen molar-refractivity contribution in [2.24, 2.45) is 0 Å². The van der Waals surface area contributed by atoms with E-state index in [4.69, 9.17) is 5.73 Å². The third kappa shape index (κ3) is 3.51. The molecule has 0 radical (unpaired) electrons. The molecule has 0 saturated heterocycles. The van der Waals surface area contributed by atoms with Crippen molar-refractivity contribution in [3.8, 4) is 11.3 Å². The summed E-state index contributed by atoms with van der Waals surface area (Å²) >= 11 is 0. The normalized spacial score (nSPS) is 11.7. The Kier molecular flexibility index (Phi) is 4.43. The van der Waals surface area contributed by atoms with Crippen LogP contribution in [0.3, 0.4) is 0 Å². The highest BCUT2D eigenvalue weighted by Gasteiger charge is 2.20. The van der Waals surface area contributed by atoms with Crippen molar-refractivity contribution in [3.05, 3.63) is 66.0 Å². The number of hydrogen-bond acceptors (Lipinski definition) is 5. The summed E-state index contributed by atoms with van der Waals surface area (Å²) in [4.78, 5) is 0. The van der Waals surface area contributed by atoms with Gasteiger partial charge in [-0.25, -0.2) is 4.39 Å². The molecule has 0 fully saturated rings. The van der Waals surface area contributed by atoms with Crippen LogP contribution in [0, 0.1) is 5.82 Å². The minimum Gasteiger partial charge on any atom is -0.382 e. The third-order valence-electron chi connectivity index (χ3n) is 4.89. The Morgan fingerprint density at radius 3 is 2.54 bits per heavy atom. The standard InChI is InChI=1S/C21H21FN6/c1-21(2,14-4-6-15(22)7-5-14)12-24-19-10-9-17(25-27-19)13-3-8-16-18(11-13)26-28-20(16)23/h3-11H,12H2,1-2H3,(H,24,27)(H3,23,26,28). The molecule has 7 heteroatoms. The Morgan fingerprint density at radius 2 is 1.82 bits per heavy atom. The molecule has 2 aromatic carbocycles. The molecule has 142 valence electrons. The Labute approximate surface area is 162 Å². The maximum absolute atomic E-state index is 13.1. The number of benzene rings is 2. The minimum absolute atomic E-state index is 0.181. The zero-order valence-corrected chi connectivity index (χ0v) is 15.7. The average molecular weight is 376 g/mol. The van der Waals surface area contributed by atoms with Crippen LogP contribution in [0.1, 0.15) is 19.4 Å². The second-order valence-corrected chi connectivity index (χ2v) is 7.42. The summed E-state index contributed by atoms with van der Waals surface area (Å²) in [6.45, 7) is 4.84. The lowest BCUT2D eigenvalue weighted by Crippen LogP contribution is -2.28. The third-order valence-corrected chi connectivity index (χ3v) is 4.89. The fraction of sp³-hybridized carbons (Fsp3) is 0.190. The predicted molar refractivity (Wildman–Crippen MR) is 109 cm³/mol. The lowest BCUT2D eigenvalue weighted by atomic mass is 9.84. The lowest BCUT2D eigenvalue weighted by molar-refractivity contribution is 0.552. The highest BCUT2D eigenvalue weighted by Crippen LogP contribution is 2.26. The minimum atomic E-state index is -0.232. The van der Waals surface area contributed by atoms with Crippen LogP contribution in [-0.4, -0.2) is 26.9 Å². The second-order valence-electron chi connectivity index (χ2n) is 7.42. The lowest BCUT2D eigenvalue weighted by Gasteiger charge is -2.25. The van der Waals surface area contributed by atoms with Crippen molar-refractivity contribution in [1.29, 1.82) is 0 Å². The molecule has 4 aromatic rings. The van der Waals surface area contributed by atoms with Gasteiger partial charge in [-0.2, -0.15) is 5.10 Å². The molecule has 0 saturated carbocycles. The van der Waals surface area contributed by atoms with E-state index in [0.29, 0.717) is 18.2 Å². The van der Waals surface area contributed by atoms with Gasteiger partial charge in [0, 0.05) is 22.9 Å². The summed E-state index contributed by atoms with van der Waals surface area (Å²) in [5.41, 5.74) is 9.23. The van der Waals surface area contributed by atoms with Gasteiger partial charge in [-0.05, 0) is 42.0 Å². The number of rotatable bonds is 5. The molecule has 0 aliphatic carbocycles. The van der Waals surface area contributed by atoms with Gasteiger partial charge >= 0.3 is 0 Å². The van der Waals surface area contributed by atoms with Crippen molar-refractivity contribution in [1.82, 2.24) is 20.4 Å². The van der Waals surface area contributed by atoms with E-state index >= 15 is 0 Å². The number of halogens is 1. The van der Waals surface area contributed by atoms with Crippen LogP contribution in [0.15, 0.2) is 54.6 Å². The first-order chi connectivity index (χ1) is 13.4. The van der Waals surface area contributed by atoms with Crippen LogP contribution in [0.2, 0.25) is 0 Å². The molecular formula is C21H21FN6. The molecule has 0 bridgehead atoms. The number of aromatic nitrogens is 4. The van der Waals surface area contributed by atoms with Gasteiger partial charge in [-0.15, -0.1) is 10.2 Å². The number of nitrogen functional groups attached to an aromatic ring is 1. The highest BCUT2D eigenvalue weighted by molar-refractivity contribution is 5.91. The fourth-order valence-electron chi connectivity index (χ4n) is 3.10. The smallest absolute Gasteiger partial charge is 0.153 e. The number of nitrogens with zero attached hydrogens (tertiary/aromatic N) is 3. The van der Waals surface area contributed by atoms with Crippen LogP contribution in [0.4, 0.5) is 16.0 Å². The zero-order valence-electron chi connectivity index (χ0n) is 15.7. The average Bonchev–Trinajstić information content (AvgIpc) is 3.07. The summed E-state index contributed by atoms with van der Waals surface area (Å²) in [5.74, 6) is 0.937. The van der Waals surface area contributed by atoms with E-state index < -0.39 is 0 Å². The summed E-state index contributed by atoms with van der Waals surface area (Å²) < 4.78 is 13.1. The van der Waals surface area contributed by atoms with Gasteiger partial charge in [-0.1, -0.05) is 32.0 Å². The van der Waals surface area contributed by atoms with Crippen molar-refractivity contribution in [2.75, 3.05) is 17.6 Å². The first kappa shape index (κ1) is 17.9. The summed E-state index contributed by atoms with van der Waals surface area (Å²) in [6, 6.07) is 16.2.